The summed E-state index contributed by atoms with van der Waals surface area (Å²) in [5, 5.41) is 3.27. The quantitative estimate of drug-likeness (QED) is 0.765. The van der Waals surface area contributed by atoms with Crippen molar-refractivity contribution < 1.29 is 4.79 Å². The van der Waals surface area contributed by atoms with Gasteiger partial charge in [0.05, 0.1) is 5.54 Å². The number of hydrogen-bond donors (Lipinski definition) is 2. The number of hydrogen-bond acceptors (Lipinski definition) is 3. The van der Waals surface area contributed by atoms with Gasteiger partial charge in [0.2, 0.25) is 5.91 Å². The Balaban J connectivity index is 2.68. The first kappa shape index (κ1) is 16.5. The van der Waals surface area contributed by atoms with E-state index in [1.807, 2.05) is 26.1 Å². The second-order valence-corrected chi connectivity index (χ2v) is 5.58. The fourth-order valence-electron chi connectivity index (χ4n) is 2.20. The van der Waals surface area contributed by atoms with E-state index in [9.17, 15) is 4.79 Å². The van der Waals surface area contributed by atoms with Crippen molar-refractivity contribution in [1.29, 1.82) is 0 Å². The van der Waals surface area contributed by atoms with Crippen molar-refractivity contribution in [1.82, 2.24) is 5.32 Å². The zero-order chi connectivity index (χ0) is 15.2. The molecule has 1 aromatic carbocycles. The topological polar surface area (TPSA) is 58.4 Å². The van der Waals surface area contributed by atoms with E-state index < -0.39 is 5.54 Å². The summed E-state index contributed by atoms with van der Waals surface area (Å²) in [5.41, 5.74) is 7.32. The van der Waals surface area contributed by atoms with Crippen molar-refractivity contribution in [2.75, 3.05) is 25.0 Å². The zero-order valence-corrected chi connectivity index (χ0v) is 13.1. The summed E-state index contributed by atoms with van der Waals surface area (Å²) in [7, 11) is 2.05. The molecule has 1 rings (SSSR count). The number of rotatable bonds is 8. The number of para-hydroxylation sites is 1. The minimum atomic E-state index is -0.646. The van der Waals surface area contributed by atoms with Gasteiger partial charge in [-0.15, -0.1) is 0 Å². The molecule has 112 valence electrons. The number of aryl methyl sites for hydroxylation is 1. The Hall–Kier alpha value is -1.55. The molecule has 0 saturated heterocycles. The van der Waals surface area contributed by atoms with Gasteiger partial charge in [-0.2, -0.15) is 0 Å². The summed E-state index contributed by atoms with van der Waals surface area (Å²) in [6, 6.07) is 8.25. The number of nitrogens with two attached hydrogens (primary N) is 1. The van der Waals surface area contributed by atoms with Gasteiger partial charge in [0.25, 0.3) is 0 Å². The maximum absolute atomic E-state index is 11.7. The molecule has 0 heterocycles. The molecule has 3 N–H and O–H groups in total. The van der Waals surface area contributed by atoms with Gasteiger partial charge in [0.15, 0.2) is 0 Å². The van der Waals surface area contributed by atoms with Crippen LogP contribution >= 0.6 is 0 Å². The van der Waals surface area contributed by atoms with Crippen LogP contribution in [0, 0.1) is 6.92 Å². The van der Waals surface area contributed by atoms with Crippen molar-refractivity contribution >= 4 is 11.6 Å². The van der Waals surface area contributed by atoms with Crippen LogP contribution in [0.3, 0.4) is 0 Å². The van der Waals surface area contributed by atoms with E-state index in [1.54, 1.807) is 0 Å². The number of benzene rings is 1. The highest BCUT2D eigenvalue weighted by molar-refractivity contribution is 5.84. The van der Waals surface area contributed by atoms with E-state index in [2.05, 4.69) is 36.2 Å². The average Bonchev–Trinajstić information content (AvgIpc) is 2.43. The second-order valence-electron chi connectivity index (χ2n) is 5.58. The first-order valence-electron chi connectivity index (χ1n) is 7.22. The summed E-state index contributed by atoms with van der Waals surface area (Å²) in [4.78, 5) is 13.9. The van der Waals surface area contributed by atoms with Crippen molar-refractivity contribution in [3.05, 3.63) is 29.8 Å². The van der Waals surface area contributed by atoms with Crippen LogP contribution in [0.25, 0.3) is 0 Å². The van der Waals surface area contributed by atoms with E-state index in [1.165, 1.54) is 11.3 Å². The van der Waals surface area contributed by atoms with Crippen LogP contribution in [-0.4, -0.2) is 31.6 Å². The standard InChI is InChI=1S/C16H27N3O/c1-5-11-18-16(3,15(17)20)10-12-19(4)14-9-7-6-8-13(14)2/h6-9,18H,5,10-12H2,1-4H3,(H2,17,20). The molecule has 4 heteroatoms. The van der Waals surface area contributed by atoms with Crippen molar-refractivity contribution in [3.63, 3.8) is 0 Å². The monoisotopic (exact) mass is 277 g/mol. The number of anilines is 1. The van der Waals surface area contributed by atoms with E-state index in [0.29, 0.717) is 6.42 Å². The lowest BCUT2D eigenvalue weighted by atomic mass is 9.96. The predicted octanol–water partition coefficient (Wildman–Crippen LogP) is 2.06. The molecule has 1 aromatic rings. The molecule has 0 fully saturated rings. The van der Waals surface area contributed by atoms with E-state index >= 15 is 0 Å². The highest BCUT2D eigenvalue weighted by Gasteiger charge is 2.30. The Morgan fingerprint density at radius 2 is 2.05 bits per heavy atom. The Morgan fingerprint density at radius 3 is 2.60 bits per heavy atom. The molecule has 0 aliphatic carbocycles. The summed E-state index contributed by atoms with van der Waals surface area (Å²) < 4.78 is 0. The summed E-state index contributed by atoms with van der Waals surface area (Å²) in [6.07, 6.45) is 1.67. The molecule has 20 heavy (non-hydrogen) atoms. The van der Waals surface area contributed by atoms with Gasteiger partial charge in [-0.3, -0.25) is 4.79 Å². The molecule has 0 radical (unpaired) electrons. The number of nitrogens with zero attached hydrogens (tertiary/aromatic N) is 1. The van der Waals surface area contributed by atoms with Crippen molar-refractivity contribution in [2.24, 2.45) is 5.73 Å². The predicted molar refractivity (Wildman–Crippen MR) is 85.0 cm³/mol. The second kappa shape index (κ2) is 7.29. The van der Waals surface area contributed by atoms with Crippen molar-refractivity contribution in [3.8, 4) is 0 Å². The number of nitrogens with one attached hydrogen (secondary N) is 1. The maximum atomic E-state index is 11.7. The number of carbonyl (C=O) groups excluding carboxylic acids is 1. The van der Waals surface area contributed by atoms with Crippen LogP contribution in [0.5, 0.6) is 0 Å². The number of amides is 1. The van der Waals surface area contributed by atoms with Crippen LogP contribution in [0.1, 0.15) is 32.3 Å². The highest BCUT2D eigenvalue weighted by atomic mass is 16.1. The molecule has 0 aliphatic rings. The van der Waals surface area contributed by atoms with Crippen molar-refractivity contribution in [2.45, 2.75) is 39.2 Å². The fourth-order valence-corrected chi connectivity index (χ4v) is 2.20. The Kier molecular flexibility index (Phi) is 6.02. The van der Waals surface area contributed by atoms with Crippen LogP contribution in [0.4, 0.5) is 5.69 Å². The summed E-state index contributed by atoms with van der Waals surface area (Å²) in [5.74, 6) is -0.288. The Morgan fingerprint density at radius 1 is 1.40 bits per heavy atom. The molecule has 1 unspecified atom stereocenters. The summed E-state index contributed by atoms with van der Waals surface area (Å²) >= 11 is 0. The van der Waals surface area contributed by atoms with Crippen LogP contribution in [-0.2, 0) is 4.79 Å². The Bertz CT molecular complexity index is 447. The van der Waals surface area contributed by atoms with E-state index in [0.717, 1.165) is 19.5 Å². The molecule has 0 aromatic heterocycles. The maximum Gasteiger partial charge on any atom is 0.237 e. The smallest absolute Gasteiger partial charge is 0.237 e. The third-order valence-corrected chi connectivity index (χ3v) is 3.78. The molecule has 0 saturated carbocycles. The highest BCUT2D eigenvalue weighted by Crippen LogP contribution is 2.19. The van der Waals surface area contributed by atoms with Gasteiger partial charge in [0, 0.05) is 19.3 Å². The number of carbonyl (C=O) groups is 1. The van der Waals surface area contributed by atoms with Crippen LogP contribution < -0.4 is 16.0 Å². The molecular formula is C16H27N3O. The first-order valence-corrected chi connectivity index (χ1v) is 7.22. The van der Waals surface area contributed by atoms with Gasteiger partial charge < -0.3 is 16.0 Å². The lowest BCUT2D eigenvalue weighted by Gasteiger charge is -2.31. The largest absolute Gasteiger partial charge is 0.374 e. The van der Waals surface area contributed by atoms with Crippen LogP contribution in [0.15, 0.2) is 24.3 Å². The molecule has 0 spiro atoms. The third-order valence-electron chi connectivity index (χ3n) is 3.78. The average molecular weight is 277 g/mol. The third kappa shape index (κ3) is 4.23. The fraction of sp³-hybridized carbons (Fsp3) is 0.562. The lowest BCUT2D eigenvalue weighted by molar-refractivity contribution is -0.124. The molecule has 0 aliphatic heterocycles. The Labute approximate surface area is 122 Å². The zero-order valence-electron chi connectivity index (χ0n) is 13.1. The minimum absolute atomic E-state index is 0.288. The molecule has 4 nitrogen and oxygen atoms in total. The first-order chi connectivity index (χ1) is 9.40. The molecular weight excluding hydrogens is 250 g/mol. The summed E-state index contributed by atoms with van der Waals surface area (Å²) in [6.45, 7) is 7.63. The lowest BCUT2D eigenvalue weighted by Crippen LogP contribution is -2.54. The normalized spacial score (nSPS) is 13.8. The molecule has 1 amide bonds. The number of primary amides is 1. The minimum Gasteiger partial charge on any atom is -0.374 e. The molecule has 1 atom stereocenters. The van der Waals surface area contributed by atoms with E-state index in [-0.39, 0.29) is 5.91 Å². The van der Waals surface area contributed by atoms with Gasteiger partial charge in [-0.25, -0.2) is 0 Å². The van der Waals surface area contributed by atoms with E-state index in [4.69, 9.17) is 5.73 Å². The SMILES string of the molecule is CCCNC(C)(CCN(C)c1ccccc1C)C(N)=O. The van der Waals surface area contributed by atoms with Gasteiger partial charge >= 0.3 is 0 Å². The van der Waals surface area contributed by atoms with Gasteiger partial charge in [-0.05, 0) is 44.9 Å². The van der Waals surface area contributed by atoms with Crippen LogP contribution in [0.2, 0.25) is 0 Å². The molecule has 0 bridgehead atoms. The van der Waals surface area contributed by atoms with Gasteiger partial charge in [-0.1, -0.05) is 25.1 Å². The van der Waals surface area contributed by atoms with Gasteiger partial charge in [0.1, 0.15) is 0 Å².